The van der Waals surface area contributed by atoms with E-state index in [0.29, 0.717) is 30.4 Å². The molecule has 3 aliphatic heterocycles. The number of aromatic nitrogens is 1. The summed E-state index contributed by atoms with van der Waals surface area (Å²) in [7, 11) is 1.98. The van der Waals surface area contributed by atoms with Crippen LogP contribution in [0, 0.1) is 10.1 Å². The van der Waals surface area contributed by atoms with Crippen LogP contribution in [0.4, 0.5) is 16.3 Å². The van der Waals surface area contributed by atoms with Gasteiger partial charge in [-0.15, -0.1) is 11.8 Å². The van der Waals surface area contributed by atoms with Crippen LogP contribution in [-0.4, -0.2) is 83.5 Å². The van der Waals surface area contributed by atoms with E-state index in [0.717, 1.165) is 19.3 Å². The van der Waals surface area contributed by atoms with Crippen LogP contribution in [0.2, 0.25) is 0 Å². The minimum absolute atomic E-state index is 0.137. The molecule has 0 saturated carbocycles. The monoisotopic (exact) mass is 421 g/mol. The number of rotatable bonds is 3. The van der Waals surface area contributed by atoms with Crippen molar-refractivity contribution in [2.75, 3.05) is 50.5 Å². The Bertz CT molecular complexity index is 868. The number of nitrogens with zero attached hydrogens (tertiary/aromatic N) is 5. The first-order chi connectivity index (χ1) is 14.0. The van der Waals surface area contributed by atoms with Gasteiger partial charge in [0.05, 0.1) is 16.4 Å². The van der Waals surface area contributed by atoms with Gasteiger partial charge in [-0.1, -0.05) is 0 Å². The lowest BCUT2D eigenvalue weighted by Gasteiger charge is -2.33. The van der Waals surface area contributed by atoms with Crippen molar-refractivity contribution >= 4 is 35.3 Å². The van der Waals surface area contributed by atoms with Crippen molar-refractivity contribution in [1.29, 1.82) is 0 Å². The SMILES string of the molecule is CN1CCN(C(=O)OC2C3=C(OCCS3)C(=O)N2c2ccc([N+](=O)[O-])cn2)CC1. The third-order valence-corrected chi connectivity index (χ3v) is 5.92. The fourth-order valence-corrected chi connectivity index (χ4v) is 4.19. The molecule has 154 valence electrons. The van der Waals surface area contributed by atoms with Crippen molar-refractivity contribution < 1.29 is 24.0 Å². The number of hydrogen-bond donors (Lipinski definition) is 0. The summed E-state index contributed by atoms with van der Waals surface area (Å²) in [6, 6.07) is 2.61. The molecule has 2 amide bonds. The third kappa shape index (κ3) is 3.72. The van der Waals surface area contributed by atoms with E-state index >= 15 is 0 Å². The smallest absolute Gasteiger partial charge is 0.412 e. The predicted octanol–water partition coefficient (Wildman–Crippen LogP) is 1.02. The molecular formula is C17H19N5O6S. The van der Waals surface area contributed by atoms with Gasteiger partial charge in [0.25, 0.3) is 11.6 Å². The zero-order valence-corrected chi connectivity index (χ0v) is 16.5. The summed E-state index contributed by atoms with van der Waals surface area (Å²) in [5.41, 5.74) is -0.199. The minimum atomic E-state index is -1.01. The molecule has 0 aromatic carbocycles. The van der Waals surface area contributed by atoms with Crippen LogP contribution in [0.1, 0.15) is 0 Å². The molecule has 4 heterocycles. The number of amides is 2. The Balaban J connectivity index is 1.60. The van der Waals surface area contributed by atoms with Crippen molar-refractivity contribution in [3.8, 4) is 0 Å². The number of carbonyl (C=O) groups is 2. The first-order valence-corrected chi connectivity index (χ1v) is 10.0. The summed E-state index contributed by atoms with van der Waals surface area (Å²) in [6.07, 6.45) is -0.473. The molecule has 4 rings (SSSR count). The lowest BCUT2D eigenvalue weighted by atomic mass is 10.3. The molecular weight excluding hydrogens is 402 g/mol. The van der Waals surface area contributed by atoms with E-state index in [1.807, 2.05) is 7.05 Å². The standard InChI is InChI=1S/C17H19N5O6S/c1-19-4-6-20(7-5-19)17(24)28-16-14-13(27-8-9-29-14)15(23)21(16)12-3-2-11(10-18-12)22(25)26/h2-3,10,16H,4-9H2,1H3. The zero-order valence-electron chi connectivity index (χ0n) is 15.6. The Morgan fingerprint density at radius 3 is 2.76 bits per heavy atom. The van der Waals surface area contributed by atoms with Gasteiger partial charge in [0.15, 0.2) is 5.76 Å². The maximum absolute atomic E-state index is 12.9. The number of anilines is 1. The molecule has 1 fully saturated rings. The summed E-state index contributed by atoms with van der Waals surface area (Å²) < 4.78 is 11.2. The molecule has 0 aliphatic carbocycles. The van der Waals surface area contributed by atoms with Gasteiger partial charge in [0.1, 0.15) is 12.0 Å². The molecule has 0 radical (unpaired) electrons. The van der Waals surface area contributed by atoms with E-state index in [-0.39, 0.29) is 17.3 Å². The average molecular weight is 421 g/mol. The molecule has 0 bridgehead atoms. The van der Waals surface area contributed by atoms with E-state index in [2.05, 4.69) is 9.88 Å². The van der Waals surface area contributed by atoms with Crippen LogP contribution in [-0.2, 0) is 14.3 Å². The summed E-state index contributed by atoms with van der Waals surface area (Å²) in [6.45, 7) is 2.90. The van der Waals surface area contributed by atoms with Crippen LogP contribution >= 0.6 is 11.8 Å². The van der Waals surface area contributed by atoms with Gasteiger partial charge >= 0.3 is 6.09 Å². The summed E-state index contributed by atoms with van der Waals surface area (Å²) in [5.74, 6) is 0.425. The summed E-state index contributed by atoms with van der Waals surface area (Å²) in [5, 5.41) is 10.9. The van der Waals surface area contributed by atoms with Crippen molar-refractivity contribution in [1.82, 2.24) is 14.8 Å². The molecule has 1 unspecified atom stereocenters. The van der Waals surface area contributed by atoms with Gasteiger partial charge in [0, 0.05) is 38.0 Å². The second kappa shape index (κ2) is 7.87. The number of thioether (sulfide) groups is 1. The van der Waals surface area contributed by atoms with Crippen LogP contribution in [0.25, 0.3) is 0 Å². The fraction of sp³-hybridized carbons (Fsp3) is 0.471. The molecule has 12 heteroatoms. The highest BCUT2D eigenvalue weighted by Crippen LogP contribution is 2.40. The molecule has 0 spiro atoms. The Hall–Kier alpha value is -2.86. The van der Waals surface area contributed by atoms with Crippen LogP contribution < -0.4 is 4.90 Å². The molecule has 1 saturated heterocycles. The molecule has 1 aromatic heterocycles. The number of hydrogen-bond acceptors (Lipinski definition) is 9. The third-order valence-electron chi connectivity index (χ3n) is 4.85. The number of likely N-dealkylation sites (N-methyl/N-ethyl adjacent to an activating group) is 1. The normalized spacial score (nSPS) is 22.4. The van der Waals surface area contributed by atoms with E-state index < -0.39 is 23.2 Å². The van der Waals surface area contributed by atoms with E-state index in [1.165, 1.54) is 28.8 Å². The van der Waals surface area contributed by atoms with Crippen molar-refractivity contribution in [2.24, 2.45) is 0 Å². The molecule has 3 aliphatic rings. The first-order valence-electron chi connectivity index (χ1n) is 9.03. The number of pyridine rings is 1. The Morgan fingerprint density at radius 2 is 2.10 bits per heavy atom. The lowest BCUT2D eigenvalue weighted by molar-refractivity contribution is -0.385. The van der Waals surface area contributed by atoms with E-state index in [1.54, 1.807) is 4.90 Å². The number of nitro groups is 1. The van der Waals surface area contributed by atoms with Gasteiger partial charge in [-0.2, -0.15) is 0 Å². The van der Waals surface area contributed by atoms with Gasteiger partial charge in [-0.3, -0.25) is 14.9 Å². The van der Waals surface area contributed by atoms with Gasteiger partial charge in [-0.05, 0) is 13.1 Å². The molecule has 29 heavy (non-hydrogen) atoms. The van der Waals surface area contributed by atoms with Crippen molar-refractivity contribution in [2.45, 2.75) is 6.23 Å². The largest absolute Gasteiger partial charge is 0.486 e. The Labute approximate surface area is 170 Å². The highest BCUT2D eigenvalue weighted by atomic mass is 32.2. The lowest BCUT2D eigenvalue weighted by Crippen LogP contribution is -2.49. The van der Waals surface area contributed by atoms with Crippen LogP contribution in [0.5, 0.6) is 0 Å². The van der Waals surface area contributed by atoms with Crippen LogP contribution in [0.15, 0.2) is 29.0 Å². The van der Waals surface area contributed by atoms with Crippen molar-refractivity contribution in [3.05, 3.63) is 39.1 Å². The van der Waals surface area contributed by atoms with E-state index in [4.69, 9.17) is 9.47 Å². The second-order valence-corrected chi connectivity index (χ2v) is 7.86. The average Bonchev–Trinajstić information content (AvgIpc) is 3.00. The number of carbonyl (C=O) groups excluding carboxylic acids is 2. The summed E-state index contributed by atoms with van der Waals surface area (Å²) in [4.78, 5) is 45.4. The van der Waals surface area contributed by atoms with Crippen LogP contribution in [0.3, 0.4) is 0 Å². The maximum atomic E-state index is 12.9. The Morgan fingerprint density at radius 1 is 1.34 bits per heavy atom. The fourth-order valence-electron chi connectivity index (χ4n) is 3.23. The quantitative estimate of drug-likeness (QED) is 0.520. The molecule has 11 nitrogen and oxygen atoms in total. The van der Waals surface area contributed by atoms with Gasteiger partial charge < -0.3 is 19.3 Å². The van der Waals surface area contributed by atoms with Gasteiger partial charge in [0.2, 0.25) is 6.23 Å². The second-order valence-electron chi connectivity index (χ2n) is 6.72. The van der Waals surface area contributed by atoms with Crippen molar-refractivity contribution in [3.63, 3.8) is 0 Å². The molecule has 0 N–H and O–H groups in total. The number of ether oxygens (including phenoxy) is 2. The highest BCUT2D eigenvalue weighted by molar-refractivity contribution is 8.03. The van der Waals surface area contributed by atoms with Gasteiger partial charge in [-0.25, -0.2) is 14.7 Å². The minimum Gasteiger partial charge on any atom is -0.486 e. The van der Waals surface area contributed by atoms with E-state index in [9.17, 15) is 19.7 Å². The highest BCUT2D eigenvalue weighted by Gasteiger charge is 2.47. The molecule has 1 aromatic rings. The predicted molar refractivity (Wildman–Crippen MR) is 103 cm³/mol. The Kier molecular flexibility index (Phi) is 5.28. The zero-order chi connectivity index (χ0) is 20.5. The summed E-state index contributed by atoms with van der Waals surface area (Å²) >= 11 is 1.39. The number of piperazine rings is 1. The first kappa shape index (κ1) is 19.5. The topological polar surface area (TPSA) is 118 Å². The molecule has 1 atom stereocenters. The maximum Gasteiger partial charge on any atom is 0.412 e.